The highest BCUT2D eigenvalue weighted by Crippen LogP contribution is 2.00. The fourth-order valence-corrected chi connectivity index (χ4v) is 1.34. The smallest absolute Gasteiger partial charge is 0.244 e. The summed E-state index contributed by atoms with van der Waals surface area (Å²) < 4.78 is 0. The van der Waals surface area contributed by atoms with E-state index < -0.39 is 0 Å². The van der Waals surface area contributed by atoms with Gasteiger partial charge in [-0.2, -0.15) is 0 Å². The Morgan fingerprint density at radius 3 is 2.50 bits per heavy atom. The molecule has 4 nitrogen and oxygen atoms in total. The number of nitrogens with one attached hydrogen (secondary N) is 2. The van der Waals surface area contributed by atoms with E-state index in [4.69, 9.17) is 0 Å². The maximum Gasteiger partial charge on any atom is 0.244 e. The van der Waals surface area contributed by atoms with Crippen LogP contribution >= 0.6 is 0 Å². The molecule has 0 aromatic heterocycles. The number of amides is 2. The van der Waals surface area contributed by atoms with Crippen LogP contribution in [0, 0.1) is 0 Å². The molecule has 0 aliphatic rings. The fourth-order valence-electron chi connectivity index (χ4n) is 1.34. The highest BCUT2D eigenvalue weighted by molar-refractivity contribution is 5.94. The maximum absolute atomic E-state index is 11.4. The molecule has 96 valence electrons. The zero-order valence-electron chi connectivity index (χ0n) is 10.6. The van der Waals surface area contributed by atoms with Crippen molar-refractivity contribution < 1.29 is 9.59 Å². The molecule has 2 N–H and O–H groups in total. The van der Waals surface area contributed by atoms with Crippen LogP contribution in [0.15, 0.2) is 36.4 Å². The van der Waals surface area contributed by atoms with Crippen molar-refractivity contribution in [3.63, 3.8) is 0 Å². The molecule has 0 spiro atoms. The molecule has 0 aliphatic heterocycles. The van der Waals surface area contributed by atoms with E-state index in [-0.39, 0.29) is 24.4 Å². The second-order valence-corrected chi connectivity index (χ2v) is 4.18. The largest absolute Gasteiger partial charge is 0.352 e. The van der Waals surface area contributed by atoms with E-state index in [0.717, 1.165) is 5.56 Å². The van der Waals surface area contributed by atoms with Crippen LogP contribution < -0.4 is 10.6 Å². The van der Waals surface area contributed by atoms with Crippen molar-refractivity contribution in [2.45, 2.75) is 19.9 Å². The zero-order chi connectivity index (χ0) is 13.4. The summed E-state index contributed by atoms with van der Waals surface area (Å²) in [7, 11) is 0. The molecular weight excluding hydrogens is 228 g/mol. The van der Waals surface area contributed by atoms with Gasteiger partial charge >= 0.3 is 0 Å². The number of benzene rings is 1. The quantitative estimate of drug-likeness (QED) is 0.770. The first-order valence-corrected chi connectivity index (χ1v) is 5.88. The van der Waals surface area contributed by atoms with Crippen molar-refractivity contribution in [2.75, 3.05) is 6.54 Å². The normalized spacial score (nSPS) is 10.6. The first-order valence-electron chi connectivity index (χ1n) is 5.88. The van der Waals surface area contributed by atoms with Crippen molar-refractivity contribution in [3.8, 4) is 0 Å². The molecule has 2 amide bonds. The molecule has 0 saturated carbocycles. The Morgan fingerprint density at radius 1 is 1.22 bits per heavy atom. The molecule has 1 aromatic carbocycles. The van der Waals surface area contributed by atoms with Crippen molar-refractivity contribution >= 4 is 17.9 Å². The lowest BCUT2D eigenvalue weighted by molar-refractivity contribution is -0.124. The lowest BCUT2D eigenvalue weighted by Crippen LogP contribution is -2.39. The van der Waals surface area contributed by atoms with Gasteiger partial charge in [0.2, 0.25) is 11.8 Å². The van der Waals surface area contributed by atoms with Crippen LogP contribution in [0.4, 0.5) is 0 Å². The minimum atomic E-state index is -0.280. The van der Waals surface area contributed by atoms with E-state index in [1.807, 2.05) is 44.2 Å². The number of hydrogen-bond acceptors (Lipinski definition) is 2. The van der Waals surface area contributed by atoms with Crippen molar-refractivity contribution in [3.05, 3.63) is 42.0 Å². The van der Waals surface area contributed by atoms with Crippen LogP contribution in [-0.2, 0) is 9.59 Å². The first-order chi connectivity index (χ1) is 8.58. The molecular formula is C14H18N2O2. The summed E-state index contributed by atoms with van der Waals surface area (Å²) in [6.07, 6.45) is 3.12. The van der Waals surface area contributed by atoms with Crippen molar-refractivity contribution in [1.82, 2.24) is 10.6 Å². The first kappa shape index (κ1) is 14.0. The fraction of sp³-hybridized carbons (Fsp3) is 0.286. The second kappa shape index (κ2) is 7.27. The second-order valence-electron chi connectivity index (χ2n) is 4.18. The number of rotatable bonds is 5. The standard InChI is InChI=1S/C14H18N2O2/c1-11(2)16-14(18)10-15-13(17)9-8-12-6-4-3-5-7-12/h3-9,11H,10H2,1-2H3,(H,15,17)(H,16,18). The van der Waals surface area contributed by atoms with Gasteiger partial charge in [0.15, 0.2) is 0 Å². The molecule has 0 bridgehead atoms. The Hall–Kier alpha value is -2.10. The summed E-state index contributed by atoms with van der Waals surface area (Å²) >= 11 is 0. The molecule has 0 fully saturated rings. The van der Waals surface area contributed by atoms with Crippen LogP contribution in [0.2, 0.25) is 0 Å². The van der Waals surface area contributed by atoms with E-state index in [1.54, 1.807) is 6.08 Å². The highest BCUT2D eigenvalue weighted by atomic mass is 16.2. The molecule has 0 saturated heterocycles. The Balaban J connectivity index is 2.34. The number of carbonyl (C=O) groups is 2. The van der Waals surface area contributed by atoms with Gasteiger partial charge < -0.3 is 10.6 Å². The van der Waals surface area contributed by atoms with Gasteiger partial charge in [0.05, 0.1) is 6.54 Å². The predicted octanol–water partition coefficient (Wildman–Crippen LogP) is 1.34. The van der Waals surface area contributed by atoms with Crippen molar-refractivity contribution in [1.29, 1.82) is 0 Å². The maximum atomic E-state index is 11.4. The topological polar surface area (TPSA) is 58.2 Å². The van der Waals surface area contributed by atoms with Gasteiger partial charge in [0.25, 0.3) is 0 Å². The van der Waals surface area contributed by atoms with E-state index in [2.05, 4.69) is 10.6 Å². The van der Waals surface area contributed by atoms with E-state index in [1.165, 1.54) is 6.08 Å². The third kappa shape index (κ3) is 5.84. The molecule has 1 rings (SSSR count). The monoisotopic (exact) mass is 246 g/mol. The third-order valence-electron chi connectivity index (χ3n) is 2.10. The van der Waals surface area contributed by atoms with E-state index >= 15 is 0 Å². The van der Waals surface area contributed by atoms with Crippen LogP contribution in [0.5, 0.6) is 0 Å². The molecule has 0 aliphatic carbocycles. The summed E-state index contributed by atoms with van der Waals surface area (Å²) in [5.74, 6) is -0.468. The van der Waals surface area contributed by atoms with Crippen LogP contribution in [0.25, 0.3) is 6.08 Å². The Labute approximate surface area is 107 Å². The van der Waals surface area contributed by atoms with Crippen LogP contribution in [0.1, 0.15) is 19.4 Å². The Morgan fingerprint density at radius 2 is 1.89 bits per heavy atom. The van der Waals surface area contributed by atoms with Gasteiger partial charge in [-0.3, -0.25) is 9.59 Å². The predicted molar refractivity (Wildman–Crippen MR) is 71.8 cm³/mol. The lowest BCUT2D eigenvalue weighted by Gasteiger charge is -2.07. The lowest BCUT2D eigenvalue weighted by atomic mass is 10.2. The van der Waals surface area contributed by atoms with Gasteiger partial charge in [-0.15, -0.1) is 0 Å². The molecule has 0 atom stereocenters. The molecule has 0 heterocycles. The van der Waals surface area contributed by atoms with Gasteiger partial charge in [0.1, 0.15) is 0 Å². The Kier molecular flexibility index (Phi) is 5.64. The molecule has 0 unspecified atom stereocenters. The van der Waals surface area contributed by atoms with Crippen LogP contribution in [0.3, 0.4) is 0 Å². The van der Waals surface area contributed by atoms with Gasteiger partial charge in [-0.05, 0) is 25.5 Å². The average Bonchev–Trinajstić information content (AvgIpc) is 2.34. The number of carbonyl (C=O) groups excluding carboxylic acids is 2. The summed E-state index contributed by atoms with van der Waals surface area (Å²) in [5.41, 5.74) is 0.944. The third-order valence-corrected chi connectivity index (χ3v) is 2.10. The Bertz CT molecular complexity index is 425. The zero-order valence-corrected chi connectivity index (χ0v) is 10.6. The van der Waals surface area contributed by atoms with Gasteiger partial charge in [-0.1, -0.05) is 30.3 Å². The van der Waals surface area contributed by atoms with Crippen molar-refractivity contribution in [2.24, 2.45) is 0 Å². The molecule has 0 radical (unpaired) electrons. The summed E-state index contributed by atoms with van der Waals surface area (Å²) in [6, 6.07) is 9.58. The molecule has 4 heteroatoms. The summed E-state index contributed by atoms with van der Waals surface area (Å²) in [5, 5.41) is 5.21. The van der Waals surface area contributed by atoms with Crippen LogP contribution in [-0.4, -0.2) is 24.4 Å². The molecule has 18 heavy (non-hydrogen) atoms. The summed E-state index contributed by atoms with van der Waals surface area (Å²) in [6.45, 7) is 3.74. The minimum Gasteiger partial charge on any atom is -0.352 e. The minimum absolute atomic E-state index is 0.00383. The molecule has 1 aromatic rings. The SMILES string of the molecule is CC(C)NC(=O)CNC(=O)C=Cc1ccccc1. The van der Waals surface area contributed by atoms with Gasteiger partial charge in [0, 0.05) is 12.1 Å². The summed E-state index contributed by atoms with van der Waals surface area (Å²) in [4.78, 5) is 22.7. The van der Waals surface area contributed by atoms with Gasteiger partial charge in [-0.25, -0.2) is 0 Å². The average molecular weight is 246 g/mol. The highest BCUT2D eigenvalue weighted by Gasteiger charge is 2.03. The number of hydrogen-bond donors (Lipinski definition) is 2. The van der Waals surface area contributed by atoms with E-state index in [9.17, 15) is 9.59 Å². The van der Waals surface area contributed by atoms with E-state index in [0.29, 0.717) is 0 Å².